The molecule has 0 radical (unpaired) electrons. The van der Waals surface area contributed by atoms with Gasteiger partial charge in [-0.15, -0.1) is 0 Å². The van der Waals surface area contributed by atoms with Crippen molar-refractivity contribution in [1.29, 1.82) is 0 Å². The van der Waals surface area contributed by atoms with Gasteiger partial charge >= 0.3 is 0 Å². The van der Waals surface area contributed by atoms with Crippen LogP contribution in [-0.4, -0.2) is 5.78 Å². The number of rotatable bonds is 3. The number of anilines is 1. The van der Waals surface area contributed by atoms with Crippen molar-refractivity contribution in [1.82, 2.24) is 0 Å². The Morgan fingerprint density at radius 2 is 1.76 bits per heavy atom. The highest BCUT2D eigenvalue weighted by atomic mass is 32.2. The zero-order valence-electron chi connectivity index (χ0n) is 14.6. The lowest BCUT2D eigenvalue weighted by molar-refractivity contribution is 0.0948. The first kappa shape index (κ1) is 15.6. The third-order valence-electron chi connectivity index (χ3n) is 5.88. The maximum absolute atomic E-state index is 12.2. The van der Waals surface area contributed by atoms with Gasteiger partial charge in [-0.2, -0.15) is 0 Å². The van der Waals surface area contributed by atoms with E-state index in [0.29, 0.717) is 12.3 Å². The number of hydrogen-bond donors (Lipinski definition) is 1. The third-order valence-corrected chi connectivity index (χ3v) is 6.59. The van der Waals surface area contributed by atoms with Gasteiger partial charge in [0.05, 0.1) is 11.3 Å². The van der Waals surface area contributed by atoms with E-state index in [1.165, 1.54) is 78.4 Å². The molecule has 130 valence electrons. The van der Waals surface area contributed by atoms with Gasteiger partial charge in [-0.05, 0) is 66.7 Å². The molecule has 1 unspecified atom stereocenters. The molecule has 4 heteroatoms. The minimum absolute atomic E-state index is 0.228. The van der Waals surface area contributed by atoms with Crippen LogP contribution >= 0.6 is 11.9 Å². The number of carbonyl (C=O) groups excluding carboxylic acids is 1. The molecule has 1 heterocycles. The van der Waals surface area contributed by atoms with Crippen molar-refractivity contribution in [3.8, 4) is 0 Å². The van der Waals surface area contributed by atoms with Crippen LogP contribution in [0, 0.1) is 5.92 Å². The lowest BCUT2D eigenvalue weighted by atomic mass is 9.89. The van der Waals surface area contributed by atoms with E-state index in [2.05, 4.69) is 17.7 Å². The minimum Gasteiger partial charge on any atom is -0.452 e. The normalized spacial score (nSPS) is 21.2. The van der Waals surface area contributed by atoms with Crippen molar-refractivity contribution in [3.63, 3.8) is 0 Å². The van der Waals surface area contributed by atoms with E-state index in [-0.39, 0.29) is 5.78 Å². The van der Waals surface area contributed by atoms with E-state index < -0.39 is 0 Å². The summed E-state index contributed by atoms with van der Waals surface area (Å²) < 4.78 is 9.60. The largest absolute Gasteiger partial charge is 0.452 e. The molecular formula is C21H23NO2S. The molecule has 0 saturated carbocycles. The monoisotopic (exact) mass is 353 g/mol. The number of hydrogen-bond acceptors (Lipinski definition) is 4. The van der Waals surface area contributed by atoms with Gasteiger partial charge in [0, 0.05) is 30.9 Å². The Balaban J connectivity index is 1.43. The number of benzene rings is 1. The van der Waals surface area contributed by atoms with Crippen molar-refractivity contribution >= 4 is 23.4 Å². The number of aryl methyl sites for hydroxylation is 2. The predicted octanol–water partition coefficient (Wildman–Crippen LogP) is 5.14. The Labute approximate surface area is 152 Å². The second kappa shape index (κ2) is 5.94. The lowest BCUT2D eigenvalue weighted by Gasteiger charge is -2.15. The summed E-state index contributed by atoms with van der Waals surface area (Å²) in [4.78, 5) is 12.2. The van der Waals surface area contributed by atoms with Crippen LogP contribution in [0.3, 0.4) is 0 Å². The van der Waals surface area contributed by atoms with Crippen LogP contribution in [0.15, 0.2) is 21.6 Å². The Morgan fingerprint density at radius 1 is 1.04 bits per heavy atom. The van der Waals surface area contributed by atoms with E-state index >= 15 is 0 Å². The average molecular weight is 353 g/mol. The zero-order chi connectivity index (χ0) is 17.0. The molecule has 1 N–H and O–H groups in total. The second-order valence-corrected chi connectivity index (χ2v) is 8.59. The van der Waals surface area contributed by atoms with E-state index in [0.717, 1.165) is 22.8 Å². The quantitative estimate of drug-likeness (QED) is 0.776. The highest BCUT2D eigenvalue weighted by molar-refractivity contribution is 8.00. The van der Waals surface area contributed by atoms with E-state index in [4.69, 9.17) is 4.42 Å². The van der Waals surface area contributed by atoms with Crippen molar-refractivity contribution in [2.24, 2.45) is 5.92 Å². The molecule has 0 fully saturated rings. The SMILES string of the molecule is CC1CC(=O)c2cc(SNc3c4c(cc5c3CCC5)CCC4)oc2C1. The highest BCUT2D eigenvalue weighted by Crippen LogP contribution is 2.41. The fraction of sp³-hybridized carbons (Fsp3) is 0.476. The van der Waals surface area contributed by atoms with Crippen LogP contribution in [-0.2, 0) is 32.1 Å². The summed E-state index contributed by atoms with van der Waals surface area (Å²) in [6, 6.07) is 4.39. The number of nitrogens with one attached hydrogen (secondary N) is 1. The Bertz CT molecular complexity index is 835. The van der Waals surface area contributed by atoms with E-state index in [1.807, 2.05) is 6.07 Å². The lowest BCUT2D eigenvalue weighted by Crippen LogP contribution is -2.15. The van der Waals surface area contributed by atoms with Crippen molar-refractivity contribution < 1.29 is 9.21 Å². The van der Waals surface area contributed by atoms with Gasteiger partial charge < -0.3 is 9.14 Å². The molecule has 0 bridgehead atoms. The van der Waals surface area contributed by atoms with Gasteiger partial charge in [0.1, 0.15) is 5.76 Å². The molecule has 3 aliphatic carbocycles. The maximum atomic E-state index is 12.2. The predicted molar refractivity (Wildman–Crippen MR) is 100 cm³/mol. The average Bonchev–Trinajstić information content (AvgIpc) is 3.29. The van der Waals surface area contributed by atoms with Crippen LogP contribution < -0.4 is 4.72 Å². The molecule has 3 aliphatic rings. The third kappa shape index (κ3) is 2.62. The molecule has 3 nitrogen and oxygen atoms in total. The molecule has 25 heavy (non-hydrogen) atoms. The number of furan rings is 1. The summed E-state index contributed by atoms with van der Waals surface area (Å²) >= 11 is 1.53. The van der Waals surface area contributed by atoms with Gasteiger partial charge in [-0.1, -0.05) is 13.0 Å². The topological polar surface area (TPSA) is 42.2 Å². The number of carbonyl (C=O) groups is 1. The maximum Gasteiger partial charge on any atom is 0.181 e. The fourth-order valence-electron chi connectivity index (χ4n) is 4.70. The summed E-state index contributed by atoms with van der Waals surface area (Å²) in [5.74, 6) is 1.49. The molecule has 1 atom stereocenters. The van der Waals surface area contributed by atoms with Gasteiger partial charge in [-0.3, -0.25) is 4.79 Å². The summed E-state index contributed by atoms with van der Waals surface area (Å²) in [5, 5.41) is 0.815. The first-order valence-corrected chi connectivity index (χ1v) is 10.3. The van der Waals surface area contributed by atoms with Crippen LogP contribution in [0.2, 0.25) is 0 Å². The summed E-state index contributed by atoms with van der Waals surface area (Å²) in [5.41, 5.74) is 8.22. The first-order chi connectivity index (χ1) is 12.2. The smallest absolute Gasteiger partial charge is 0.181 e. The zero-order valence-corrected chi connectivity index (χ0v) is 15.4. The molecule has 0 amide bonds. The van der Waals surface area contributed by atoms with Crippen LogP contribution in [0.4, 0.5) is 5.69 Å². The van der Waals surface area contributed by atoms with Gasteiger partial charge in [0.15, 0.2) is 10.9 Å². The van der Waals surface area contributed by atoms with Crippen molar-refractivity contribution in [2.45, 2.75) is 63.4 Å². The molecule has 1 aromatic heterocycles. The number of fused-ring (bicyclic) bond motifs is 3. The van der Waals surface area contributed by atoms with Gasteiger partial charge in [0.25, 0.3) is 0 Å². The van der Waals surface area contributed by atoms with Gasteiger partial charge in [-0.25, -0.2) is 0 Å². The summed E-state index contributed by atoms with van der Waals surface area (Å²) in [7, 11) is 0. The Hall–Kier alpha value is -1.68. The van der Waals surface area contributed by atoms with Crippen LogP contribution in [0.25, 0.3) is 0 Å². The molecule has 0 spiro atoms. The molecule has 5 rings (SSSR count). The Kier molecular flexibility index (Phi) is 3.70. The minimum atomic E-state index is 0.228. The first-order valence-electron chi connectivity index (χ1n) is 9.44. The van der Waals surface area contributed by atoms with E-state index in [9.17, 15) is 4.79 Å². The molecule has 0 saturated heterocycles. The molecule has 1 aromatic carbocycles. The van der Waals surface area contributed by atoms with Crippen LogP contribution in [0.1, 0.15) is 64.6 Å². The van der Waals surface area contributed by atoms with E-state index in [1.54, 1.807) is 0 Å². The molecule has 2 aromatic rings. The second-order valence-electron chi connectivity index (χ2n) is 7.78. The fourth-order valence-corrected chi connectivity index (χ4v) is 5.47. The molecule has 0 aliphatic heterocycles. The number of Topliss-reactive ketones (excluding diaryl/α,β-unsaturated/α-hetero) is 1. The van der Waals surface area contributed by atoms with Crippen molar-refractivity contribution in [2.75, 3.05) is 4.72 Å². The summed E-state index contributed by atoms with van der Waals surface area (Å²) in [6.07, 6.45) is 8.82. The van der Waals surface area contributed by atoms with Crippen molar-refractivity contribution in [3.05, 3.63) is 45.7 Å². The Morgan fingerprint density at radius 3 is 2.48 bits per heavy atom. The molecular weight excluding hydrogens is 330 g/mol. The van der Waals surface area contributed by atoms with Gasteiger partial charge in [0.2, 0.25) is 0 Å². The standard InChI is InChI=1S/C21H23NO2S/c1-12-8-18(23)17-11-20(24-19(17)9-12)25-22-21-15-6-2-4-13(15)10-14-5-3-7-16(14)21/h10-12,22H,2-9H2,1H3. The highest BCUT2D eigenvalue weighted by Gasteiger charge is 2.28. The number of ketones is 1. The summed E-state index contributed by atoms with van der Waals surface area (Å²) in [6.45, 7) is 2.12. The van der Waals surface area contributed by atoms with Crippen LogP contribution in [0.5, 0.6) is 0 Å².